The summed E-state index contributed by atoms with van der Waals surface area (Å²) in [5.41, 5.74) is 3.38. The first kappa shape index (κ1) is 12.1. The van der Waals surface area contributed by atoms with E-state index in [9.17, 15) is 4.79 Å². The van der Waals surface area contributed by atoms with Crippen LogP contribution in [0.25, 0.3) is 0 Å². The second-order valence-electron chi connectivity index (χ2n) is 5.04. The summed E-state index contributed by atoms with van der Waals surface area (Å²) in [7, 11) is 2.06. The summed E-state index contributed by atoms with van der Waals surface area (Å²) < 4.78 is 0. The van der Waals surface area contributed by atoms with Gasteiger partial charge in [-0.1, -0.05) is 6.07 Å². The van der Waals surface area contributed by atoms with Crippen molar-refractivity contribution in [3.8, 4) is 0 Å². The van der Waals surface area contributed by atoms with Gasteiger partial charge in [-0.3, -0.25) is 4.79 Å². The van der Waals surface area contributed by atoms with Crippen LogP contribution in [0.4, 0.5) is 5.69 Å². The average Bonchev–Trinajstić information content (AvgIpc) is 2.70. The van der Waals surface area contributed by atoms with Crippen molar-refractivity contribution in [3.63, 3.8) is 0 Å². The molecule has 1 aromatic carbocycles. The first-order chi connectivity index (χ1) is 8.06. The molecule has 0 saturated carbocycles. The van der Waals surface area contributed by atoms with Crippen molar-refractivity contribution in [2.75, 3.05) is 25.5 Å². The number of likely N-dealkylation sites (tertiary alicyclic amines) is 1. The van der Waals surface area contributed by atoms with Gasteiger partial charge in [0.1, 0.15) is 0 Å². The summed E-state index contributed by atoms with van der Waals surface area (Å²) in [5, 5.41) is 3.01. The number of hydrogen-bond acceptors (Lipinski definition) is 2. The Kier molecular flexibility index (Phi) is 3.48. The van der Waals surface area contributed by atoms with Crippen LogP contribution in [0.1, 0.15) is 17.5 Å². The third kappa shape index (κ3) is 2.86. The van der Waals surface area contributed by atoms with E-state index < -0.39 is 0 Å². The molecular formula is C14H20N2O. The molecule has 0 spiro atoms. The van der Waals surface area contributed by atoms with Crippen molar-refractivity contribution in [1.82, 2.24) is 4.90 Å². The maximum atomic E-state index is 12.0. The summed E-state index contributed by atoms with van der Waals surface area (Å²) in [5.74, 6) is 0.291. The molecule has 1 amide bonds. The number of hydrogen-bond donors (Lipinski definition) is 1. The zero-order valence-corrected chi connectivity index (χ0v) is 10.8. The van der Waals surface area contributed by atoms with Crippen LogP contribution in [0, 0.1) is 19.8 Å². The summed E-state index contributed by atoms with van der Waals surface area (Å²) in [6, 6.07) is 6.05. The number of aryl methyl sites for hydroxylation is 2. The highest BCUT2D eigenvalue weighted by molar-refractivity contribution is 5.93. The fourth-order valence-corrected chi connectivity index (χ4v) is 2.21. The molecule has 1 fully saturated rings. The SMILES string of the molecule is Cc1ccc(NC(=O)C2CCN(C)C2)cc1C. The van der Waals surface area contributed by atoms with Gasteiger partial charge in [0.2, 0.25) is 5.91 Å². The Morgan fingerprint density at radius 2 is 2.12 bits per heavy atom. The molecule has 1 heterocycles. The van der Waals surface area contributed by atoms with Crippen molar-refractivity contribution in [3.05, 3.63) is 29.3 Å². The minimum Gasteiger partial charge on any atom is -0.326 e. The minimum absolute atomic E-state index is 0.140. The highest BCUT2D eigenvalue weighted by Gasteiger charge is 2.25. The fraction of sp³-hybridized carbons (Fsp3) is 0.500. The quantitative estimate of drug-likeness (QED) is 0.847. The van der Waals surface area contributed by atoms with Crippen LogP contribution >= 0.6 is 0 Å². The van der Waals surface area contributed by atoms with Crippen molar-refractivity contribution in [2.24, 2.45) is 5.92 Å². The Balaban J connectivity index is 2.00. The van der Waals surface area contributed by atoms with E-state index in [4.69, 9.17) is 0 Å². The largest absolute Gasteiger partial charge is 0.326 e. The normalized spacial score (nSPS) is 20.5. The van der Waals surface area contributed by atoms with Gasteiger partial charge < -0.3 is 10.2 Å². The summed E-state index contributed by atoms with van der Waals surface area (Å²) in [6.45, 7) is 6.03. The third-order valence-corrected chi connectivity index (χ3v) is 3.54. The second kappa shape index (κ2) is 4.88. The van der Waals surface area contributed by atoms with E-state index >= 15 is 0 Å². The highest BCUT2D eigenvalue weighted by atomic mass is 16.1. The molecule has 1 saturated heterocycles. The molecular weight excluding hydrogens is 212 g/mol. The number of nitrogens with zero attached hydrogens (tertiary/aromatic N) is 1. The number of amides is 1. The van der Waals surface area contributed by atoms with Crippen LogP contribution in [0.15, 0.2) is 18.2 Å². The Morgan fingerprint density at radius 1 is 1.35 bits per heavy atom. The molecule has 0 aliphatic carbocycles. The lowest BCUT2D eigenvalue weighted by Gasteiger charge is -2.12. The van der Waals surface area contributed by atoms with Crippen molar-refractivity contribution in [2.45, 2.75) is 20.3 Å². The predicted molar refractivity (Wildman–Crippen MR) is 70.1 cm³/mol. The molecule has 17 heavy (non-hydrogen) atoms. The van der Waals surface area contributed by atoms with Crippen LogP contribution in [0.5, 0.6) is 0 Å². The zero-order valence-electron chi connectivity index (χ0n) is 10.8. The van der Waals surface area contributed by atoms with Gasteiger partial charge in [0, 0.05) is 12.2 Å². The third-order valence-electron chi connectivity index (χ3n) is 3.54. The first-order valence-corrected chi connectivity index (χ1v) is 6.13. The lowest BCUT2D eigenvalue weighted by atomic mass is 10.1. The summed E-state index contributed by atoms with van der Waals surface area (Å²) >= 11 is 0. The van der Waals surface area contributed by atoms with Crippen LogP contribution < -0.4 is 5.32 Å². The predicted octanol–water partition coefficient (Wildman–Crippen LogP) is 2.19. The topological polar surface area (TPSA) is 32.3 Å². The molecule has 1 atom stereocenters. The standard InChI is InChI=1S/C14H20N2O/c1-10-4-5-13(8-11(10)2)15-14(17)12-6-7-16(3)9-12/h4-5,8,12H,6-7,9H2,1-3H3,(H,15,17). The summed E-state index contributed by atoms with van der Waals surface area (Å²) in [6.07, 6.45) is 0.965. The number of rotatable bonds is 2. The smallest absolute Gasteiger partial charge is 0.228 e. The van der Waals surface area contributed by atoms with Gasteiger partial charge in [0.25, 0.3) is 0 Å². The number of nitrogens with one attached hydrogen (secondary N) is 1. The molecule has 1 unspecified atom stereocenters. The van der Waals surface area contributed by atoms with Crippen molar-refractivity contribution >= 4 is 11.6 Å². The maximum absolute atomic E-state index is 12.0. The Morgan fingerprint density at radius 3 is 2.71 bits per heavy atom. The highest BCUT2D eigenvalue weighted by Crippen LogP contribution is 2.19. The van der Waals surface area contributed by atoms with Crippen LogP contribution in [-0.2, 0) is 4.79 Å². The molecule has 2 rings (SSSR count). The van der Waals surface area contributed by atoms with Gasteiger partial charge in [0.15, 0.2) is 0 Å². The average molecular weight is 232 g/mol. The molecule has 92 valence electrons. The Bertz CT molecular complexity index is 428. The lowest BCUT2D eigenvalue weighted by Crippen LogP contribution is -2.25. The van der Waals surface area contributed by atoms with Crippen LogP contribution in [-0.4, -0.2) is 30.9 Å². The maximum Gasteiger partial charge on any atom is 0.228 e. The van der Waals surface area contributed by atoms with E-state index in [-0.39, 0.29) is 11.8 Å². The van der Waals surface area contributed by atoms with Gasteiger partial charge in [-0.15, -0.1) is 0 Å². The minimum atomic E-state index is 0.140. The summed E-state index contributed by atoms with van der Waals surface area (Å²) in [4.78, 5) is 14.2. The Labute approximate surface area is 103 Å². The van der Waals surface area contributed by atoms with E-state index in [0.29, 0.717) is 0 Å². The molecule has 3 heteroatoms. The van der Waals surface area contributed by atoms with Crippen LogP contribution in [0.3, 0.4) is 0 Å². The number of carbonyl (C=O) groups excluding carboxylic acids is 1. The number of benzene rings is 1. The molecule has 0 bridgehead atoms. The number of carbonyl (C=O) groups is 1. The zero-order chi connectivity index (χ0) is 12.4. The van der Waals surface area contributed by atoms with Gasteiger partial charge in [-0.2, -0.15) is 0 Å². The Hall–Kier alpha value is -1.35. The lowest BCUT2D eigenvalue weighted by molar-refractivity contribution is -0.119. The molecule has 1 N–H and O–H groups in total. The van der Waals surface area contributed by atoms with Gasteiger partial charge in [-0.25, -0.2) is 0 Å². The van der Waals surface area contributed by atoms with E-state index in [1.807, 2.05) is 18.2 Å². The molecule has 0 radical (unpaired) electrons. The van der Waals surface area contributed by atoms with E-state index in [2.05, 4.69) is 31.1 Å². The van der Waals surface area contributed by atoms with E-state index in [0.717, 1.165) is 25.2 Å². The van der Waals surface area contributed by atoms with E-state index in [1.165, 1.54) is 11.1 Å². The van der Waals surface area contributed by atoms with Gasteiger partial charge >= 0.3 is 0 Å². The fourth-order valence-electron chi connectivity index (χ4n) is 2.21. The second-order valence-corrected chi connectivity index (χ2v) is 5.04. The molecule has 1 aliphatic heterocycles. The molecule has 1 aromatic rings. The molecule has 1 aliphatic rings. The molecule has 0 aromatic heterocycles. The number of anilines is 1. The van der Waals surface area contributed by atoms with Crippen LogP contribution in [0.2, 0.25) is 0 Å². The molecule has 3 nitrogen and oxygen atoms in total. The van der Waals surface area contributed by atoms with Crippen molar-refractivity contribution in [1.29, 1.82) is 0 Å². The van der Waals surface area contributed by atoms with Gasteiger partial charge in [-0.05, 0) is 57.1 Å². The van der Waals surface area contributed by atoms with E-state index in [1.54, 1.807) is 0 Å². The van der Waals surface area contributed by atoms with Gasteiger partial charge in [0.05, 0.1) is 5.92 Å². The van der Waals surface area contributed by atoms with Crippen molar-refractivity contribution < 1.29 is 4.79 Å². The first-order valence-electron chi connectivity index (χ1n) is 6.13. The monoisotopic (exact) mass is 232 g/mol.